The molecule has 85 valence electrons. The van der Waals surface area contributed by atoms with Crippen molar-refractivity contribution in [2.45, 2.75) is 40.5 Å². The van der Waals surface area contributed by atoms with Crippen molar-refractivity contribution in [2.75, 3.05) is 0 Å². The van der Waals surface area contributed by atoms with Crippen molar-refractivity contribution in [3.05, 3.63) is 58.7 Å². The summed E-state index contributed by atoms with van der Waals surface area (Å²) in [7, 11) is 0. The van der Waals surface area contributed by atoms with E-state index in [-0.39, 0.29) is 0 Å². The third-order valence-corrected chi connectivity index (χ3v) is 2.40. The van der Waals surface area contributed by atoms with Crippen LogP contribution < -0.4 is 0 Å². The molecule has 0 amide bonds. The van der Waals surface area contributed by atoms with Gasteiger partial charge in [0.2, 0.25) is 0 Å². The molecule has 0 bridgehead atoms. The molecule has 0 spiro atoms. The van der Waals surface area contributed by atoms with E-state index in [9.17, 15) is 0 Å². The molecule has 0 saturated heterocycles. The molecule has 0 aliphatic rings. The second-order valence-corrected chi connectivity index (χ2v) is 4.72. The van der Waals surface area contributed by atoms with Gasteiger partial charge in [-0.25, -0.2) is 0 Å². The van der Waals surface area contributed by atoms with Crippen molar-refractivity contribution in [3.8, 4) is 0 Å². The minimum absolute atomic E-state index is 1.02. The monoisotopic (exact) mass is 213 g/mol. The minimum Gasteiger partial charge on any atom is -0.0815 e. The number of allylic oxidation sites excluding steroid dienone is 4. The Bertz CT molecular complexity index is 351. The maximum absolute atomic E-state index is 3.22. The molecule has 0 fully saturated rings. The Hall–Kier alpha value is -1.30. The van der Waals surface area contributed by atoms with Crippen LogP contribution in [0, 0.1) is 6.07 Å². The predicted octanol–water partition coefficient (Wildman–Crippen LogP) is 4.50. The molecule has 1 rings (SSSR count). The molecule has 0 nitrogen and oxygen atoms in total. The van der Waals surface area contributed by atoms with E-state index in [0.717, 1.165) is 12.8 Å². The number of hydrogen-bond donors (Lipinski definition) is 0. The molecule has 0 heterocycles. The van der Waals surface area contributed by atoms with Crippen LogP contribution in [0.5, 0.6) is 0 Å². The van der Waals surface area contributed by atoms with Crippen molar-refractivity contribution in [2.24, 2.45) is 0 Å². The van der Waals surface area contributed by atoms with Gasteiger partial charge in [0.15, 0.2) is 0 Å². The number of hydrogen-bond acceptors (Lipinski definition) is 0. The van der Waals surface area contributed by atoms with Crippen LogP contribution in [0.3, 0.4) is 0 Å². The van der Waals surface area contributed by atoms with Gasteiger partial charge >= 0.3 is 0 Å². The highest BCUT2D eigenvalue weighted by Gasteiger charge is 1.94. The summed E-state index contributed by atoms with van der Waals surface area (Å²) in [5, 5.41) is 0. The van der Waals surface area contributed by atoms with Crippen LogP contribution in [0.4, 0.5) is 0 Å². The van der Waals surface area contributed by atoms with Gasteiger partial charge in [-0.3, -0.25) is 0 Å². The molecular formula is C16H21. The maximum Gasteiger partial charge on any atom is -0.00947 e. The fourth-order valence-corrected chi connectivity index (χ4v) is 1.46. The van der Waals surface area contributed by atoms with Crippen LogP contribution in [0.1, 0.15) is 38.8 Å². The smallest absolute Gasteiger partial charge is 0.00947 e. The normalized spacial score (nSPS) is 9.75. The van der Waals surface area contributed by atoms with Gasteiger partial charge in [0.1, 0.15) is 0 Å². The highest BCUT2D eigenvalue weighted by molar-refractivity contribution is 5.26. The first-order valence-corrected chi connectivity index (χ1v) is 5.83. The molecule has 0 aliphatic carbocycles. The lowest BCUT2D eigenvalue weighted by molar-refractivity contribution is 1.16. The Morgan fingerprint density at radius 2 is 1.38 bits per heavy atom. The van der Waals surface area contributed by atoms with Gasteiger partial charge in [0, 0.05) is 0 Å². The summed E-state index contributed by atoms with van der Waals surface area (Å²) >= 11 is 0. The highest BCUT2D eigenvalue weighted by atomic mass is 14.0. The van der Waals surface area contributed by atoms with Crippen LogP contribution in [0.25, 0.3) is 0 Å². The quantitative estimate of drug-likeness (QED) is 0.646. The predicted molar refractivity (Wildman–Crippen MR) is 71.5 cm³/mol. The Labute approximate surface area is 99.7 Å². The van der Waals surface area contributed by atoms with Gasteiger partial charge in [-0.2, -0.15) is 0 Å². The highest BCUT2D eigenvalue weighted by Crippen LogP contribution is 2.09. The van der Waals surface area contributed by atoms with Crippen molar-refractivity contribution in [3.63, 3.8) is 0 Å². The molecule has 0 saturated carbocycles. The molecule has 0 aromatic heterocycles. The minimum atomic E-state index is 1.02. The van der Waals surface area contributed by atoms with Crippen molar-refractivity contribution >= 4 is 0 Å². The largest absolute Gasteiger partial charge is 0.0815 e. The Kier molecular flexibility index (Phi) is 5.04. The van der Waals surface area contributed by atoms with Gasteiger partial charge in [-0.15, -0.1) is 0 Å². The SMILES string of the molecule is CC(C)=CCc1c[c]cc(CC=C(C)C)c1. The summed E-state index contributed by atoms with van der Waals surface area (Å²) in [5.74, 6) is 0. The summed E-state index contributed by atoms with van der Waals surface area (Å²) in [5.41, 5.74) is 5.44. The van der Waals surface area contributed by atoms with E-state index in [1.54, 1.807) is 0 Å². The van der Waals surface area contributed by atoms with Gasteiger partial charge in [0.25, 0.3) is 0 Å². The van der Waals surface area contributed by atoms with E-state index >= 15 is 0 Å². The molecule has 0 N–H and O–H groups in total. The molecule has 1 aromatic rings. The molecule has 16 heavy (non-hydrogen) atoms. The lowest BCUT2D eigenvalue weighted by Gasteiger charge is -2.01. The van der Waals surface area contributed by atoms with E-state index in [1.807, 2.05) is 0 Å². The fourth-order valence-electron chi connectivity index (χ4n) is 1.46. The number of benzene rings is 1. The second-order valence-electron chi connectivity index (χ2n) is 4.72. The van der Waals surface area contributed by atoms with Gasteiger partial charge in [-0.1, -0.05) is 41.5 Å². The van der Waals surface area contributed by atoms with Gasteiger partial charge in [-0.05, 0) is 57.7 Å². The standard InChI is InChI=1S/C16H21/c1-13(2)8-10-15-6-5-7-16(12-15)11-9-14(3)4/h6-9,12H,10-11H2,1-4H3. The Balaban J connectivity index is 2.71. The first-order chi connectivity index (χ1) is 7.58. The summed E-state index contributed by atoms with van der Waals surface area (Å²) < 4.78 is 0. The topological polar surface area (TPSA) is 0 Å². The van der Waals surface area contributed by atoms with Gasteiger partial charge < -0.3 is 0 Å². The van der Waals surface area contributed by atoms with E-state index in [0.29, 0.717) is 0 Å². The van der Waals surface area contributed by atoms with Crippen LogP contribution in [0.15, 0.2) is 41.5 Å². The van der Waals surface area contributed by atoms with Crippen molar-refractivity contribution < 1.29 is 0 Å². The first-order valence-electron chi connectivity index (χ1n) is 5.83. The molecule has 1 aromatic carbocycles. The average molecular weight is 213 g/mol. The number of rotatable bonds is 4. The lowest BCUT2D eigenvalue weighted by atomic mass is 10.0. The molecule has 0 atom stereocenters. The zero-order valence-electron chi connectivity index (χ0n) is 10.8. The first kappa shape index (κ1) is 12.8. The second kappa shape index (κ2) is 6.32. The lowest BCUT2D eigenvalue weighted by Crippen LogP contribution is -1.87. The Morgan fingerprint density at radius 1 is 0.938 bits per heavy atom. The zero-order chi connectivity index (χ0) is 12.0. The van der Waals surface area contributed by atoms with Crippen LogP contribution >= 0.6 is 0 Å². The molecule has 0 aliphatic heterocycles. The molecule has 1 radical (unpaired) electrons. The molecular weight excluding hydrogens is 192 g/mol. The summed E-state index contributed by atoms with van der Waals surface area (Å²) in [6.07, 6.45) is 6.55. The van der Waals surface area contributed by atoms with E-state index < -0.39 is 0 Å². The summed E-state index contributed by atoms with van der Waals surface area (Å²) in [6, 6.07) is 9.64. The van der Waals surface area contributed by atoms with Gasteiger partial charge in [0.05, 0.1) is 0 Å². The van der Waals surface area contributed by atoms with Crippen molar-refractivity contribution in [1.29, 1.82) is 0 Å². The van der Waals surface area contributed by atoms with Crippen LogP contribution in [0.2, 0.25) is 0 Å². The molecule has 0 unspecified atom stereocenters. The third kappa shape index (κ3) is 4.97. The third-order valence-electron chi connectivity index (χ3n) is 2.40. The maximum atomic E-state index is 3.22. The zero-order valence-corrected chi connectivity index (χ0v) is 10.8. The molecule has 0 heteroatoms. The van der Waals surface area contributed by atoms with Crippen molar-refractivity contribution in [1.82, 2.24) is 0 Å². The summed E-state index contributed by atoms with van der Waals surface area (Å²) in [4.78, 5) is 0. The average Bonchev–Trinajstić information content (AvgIpc) is 2.24. The van der Waals surface area contributed by atoms with E-state index in [1.165, 1.54) is 22.3 Å². The Morgan fingerprint density at radius 3 is 1.75 bits per heavy atom. The van der Waals surface area contributed by atoms with Crippen LogP contribution in [-0.4, -0.2) is 0 Å². The van der Waals surface area contributed by atoms with E-state index in [4.69, 9.17) is 0 Å². The van der Waals surface area contributed by atoms with Crippen LogP contribution in [-0.2, 0) is 12.8 Å². The van der Waals surface area contributed by atoms with E-state index in [2.05, 4.69) is 64.1 Å². The fraction of sp³-hybridized carbons (Fsp3) is 0.375. The summed E-state index contributed by atoms with van der Waals surface area (Å²) in [6.45, 7) is 8.54.